The van der Waals surface area contributed by atoms with Crippen LogP contribution in [0.3, 0.4) is 0 Å². The van der Waals surface area contributed by atoms with Gasteiger partial charge in [-0.05, 0) is 44.1 Å². The topological polar surface area (TPSA) is 90.9 Å². The van der Waals surface area contributed by atoms with E-state index in [4.69, 9.17) is 10.5 Å². The van der Waals surface area contributed by atoms with Crippen molar-refractivity contribution in [2.24, 2.45) is 0 Å². The number of nitrogens with one attached hydrogen (secondary N) is 1. The summed E-state index contributed by atoms with van der Waals surface area (Å²) < 4.78 is 8.27. The van der Waals surface area contributed by atoms with Gasteiger partial charge in [-0.25, -0.2) is 15.0 Å². The number of aryl methyl sites for hydroxylation is 1. The molecule has 148 valence electrons. The smallest absolute Gasteiger partial charge is 0.207 e. The first-order valence-electron chi connectivity index (χ1n) is 10.2. The second-order valence-electron chi connectivity index (χ2n) is 7.30. The molecule has 0 aliphatic carbocycles. The first-order valence-corrected chi connectivity index (χ1v) is 10.2. The Labute approximate surface area is 165 Å². The van der Waals surface area contributed by atoms with Gasteiger partial charge in [0.25, 0.3) is 0 Å². The first kappa shape index (κ1) is 18.7. The van der Waals surface area contributed by atoms with Gasteiger partial charge < -0.3 is 15.8 Å². The number of fused-ring (bicyclic) bond motifs is 1. The predicted molar refractivity (Wildman–Crippen MR) is 111 cm³/mol. The average molecular weight is 380 g/mol. The van der Waals surface area contributed by atoms with Crippen molar-refractivity contribution in [3.05, 3.63) is 42.2 Å². The molecule has 1 saturated heterocycles. The number of nitrogen functional groups attached to an aromatic ring is 1. The SMILES string of the molecule is CCC1CCC(n2c(NCCCCc3ccccc3)nc3c(N)ncnc32)O1. The van der Waals surface area contributed by atoms with E-state index in [0.717, 1.165) is 56.7 Å². The number of hydrogen-bond acceptors (Lipinski definition) is 6. The van der Waals surface area contributed by atoms with Gasteiger partial charge >= 0.3 is 0 Å². The van der Waals surface area contributed by atoms with Crippen molar-refractivity contribution in [2.75, 3.05) is 17.6 Å². The minimum Gasteiger partial charge on any atom is -0.382 e. The summed E-state index contributed by atoms with van der Waals surface area (Å²) in [5, 5.41) is 3.47. The fourth-order valence-electron chi connectivity index (χ4n) is 3.80. The second kappa shape index (κ2) is 8.56. The molecule has 3 N–H and O–H groups in total. The number of imidazole rings is 1. The third-order valence-electron chi connectivity index (χ3n) is 5.35. The average Bonchev–Trinajstić information content (AvgIpc) is 3.33. The highest BCUT2D eigenvalue weighted by molar-refractivity contribution is 5.84. The molecular weight excluding hydrogens is 352 g/mol. The molecular formula is C21H28N6O. The predicted octanol–water partition coefficient (Wildman–Crippen LogP) is 3.93. The van der Waals surface area contributed by atoms with E-state index in [9.17, 15) is 0 Å². The largest absolute Gasteiger partial charge is 0.382 e. The van der Waals surface area contributed by atoms with Gasteiger partial charge in [0.2, 0.25) is 5.95 Å². The second-order valence-corrected chi connectivity index (χ2v) is 7.30. The van der Waals surface area contributed by atoms with Gasteiger partial charge in [-0.3, -0.25) is 4.57 Å². The molecule has 1 aliphatic heterocycles. The number of rotatable bonds is 8. The van der Waals surface area contributed by atoms with Crippen LogP contribution >= 0.6 is 0 Å². The Kier molecular flexibility index (Phi) is 5.71. The molecule has 28 heavy (non-hydrogen) atoms. The Morgan fingerprint density at radius 1 is 1.18 bits per heavy atom. The van der Waals surface area contributed by atoms with Crippen molar-refractivity contribution in [1.29, 1.82) is 0 Å². The lowest BCUT2D eigenvalue weighted by Gasteiger charge is -2.17. The van der Waals surface area contributed by atoms with Gasteiger partial charge in [0, 0.05) is 6.54 Å². The normalized spacial score (nSPS) is 19.3. The minimum absolute atomic E-state index is 0.0592. The van der Waals surface area contributed by atoms with Gasteiger partial charge in [0.1, 0.15) is 12.6 Å². The number of benzene rings is 1. The Bertz CT molecular complexity index is 910. The van der Waals surface area contributed by atoms with Gasteiger partial charge in [0.05, 0.1) is 6.10 Å². The molecule has 2 atom stereocenters. The molecule has 4 rings (SSSR count). The van der Waals surface area contributed by atoms with Gasteiger partial charge in [-0.1, -0.05) is 37.3 Å². The molecule has 7 nitrogen and oxygen atoms in total. The fraction of sp³-hybridized carbons (Fsp3) is 0.476. The zero-order valence-corrected chi connectivity index (χ0v) is 16.3. The van der Waals surface area contributed by atoms with E-state index in [1.807, 2.05) is 0 Å². The van der Waals surface area contributed by atoms with E-state index >= 15 is 0 Å². The number of aromatic nitrogens is 4. The Balaban J connectivity index is 1.45. The van der Waals surface area contributed by atoms with Crippen molar-refractivity contribution in [2.45, 2.75) is 57.8 Å². The summed E-state index contributed by atoms with van der Waals surface area (Å²) >= 11 is 0. The van der Waals surface area contributed by atoms with Crippen LogP contribution in [0.5, 0.6) is 0 Å². The quantitative estimate of drug-likeness (QED) is 0.575. The van der Waals surface area contributed by atoms with Crippen LogP contribution in [0.15, 0.2) is 36.7 Å². The number of anilines is 2. The molecule has 0 bridgehead atoms. The molecule has 1 fully saturated rings. The van der Waals surface area contributed by atoms with Crippen LogP contribution in [0.25, 0.3) is 11.2 Å². The van der Waals surface area contributed by atoms with Gasteiger partial charge in [0.15, 0.2) is 17.0 Å². The molecule has 1 aromatic carbocycles. The third kappa shape index (κ3) is 3.94. The van der Waals surface area contributed by atoms with E-state index in [0.29, 0.717) is 17.4 Å². The van der Waals surface area contributed by atoms with Crippen LogP contribution in [0, 0.1) is 0 Å². The summed E-state index contributed by atoms with van der Waals surface area (Å²) in [4.78, 5) is 13.2. The lowest BCUT2D eigenvalue weighted by Crippen LogP contribution is -2.15. The summed E-state index contributed by atoms with van der Waals surface area (Å²) in [6.07, 6.45) is 8.01. The summed E-state index contributed by atoms with van der Waals surface area (Å²) in [6, 6.07) is 10.6. The molecule has 3 heterocycles. The van der Waals surface area contributed by atoms with Crippen LogP contribution in [-0.4, -0.2) is 32.2 Å². The van der Waals surface area contributed by atoms with Crippen molar-refractivity contribution < 1.29 is 4.74 Å². The van der Waals surface area contributed by atoms with E-state index in [2.05, 4.69) is 62.1 Å². The molecule has 7 heteroatoms. The number of hydrogen-bond donors (Lipinski definition) is 2. The maximum absolute atomic E-state index is 6.21. The van der Waals surface area contributed by atoms with Crippen molar-refractivity contribution in [3.63, 3.8) is 0 Å². The molecule has 1 aliphatic rings. The zero-order valence-electron chi connectivity index (χ0n) is 16.3. The Hall–Kier alpha value is -2.67. The van der Waals surface area contributed by atoms with Crippen molar-refractivity contribution >= 4 is 22.9 Å². The van der Waals surface area contributed by atoms with E-state index in [1.54, 1.807) is 0 Å². The summed E-state index contributed by atoms with van der Waals surface area (Å²) in [6.45, 7) is 3.00. The summed E-state index contributed by atoms with van der Waals surface area (Å²) in [5.41, 5.74) is 8.79. The monoisotopic (exact) mass is 380 g/mol. The molecule has 0 saturated carbocycles. The van der Waals surface area contributed by atoms with Crippen LogP contribution < -0.4 is 11.1 Å². The molecule has 2 aromatic heterocycles. The Morgan fingerprint density at radius 2 is 2.04 bits per heavy atom. The fourth-order valence-corrected chi connectivity index (χ4v) is 3.80. The highest BCUT2D eigenvalue weighted by Gasteiger charge is 2.29. The maximum Gasteiger partial charge on any atom is 0.207 e. The highest BCUT2D eigenvalue weighted by atomic mass is 16.5. The summed E-state index contributed by atoms with van der Waals surface area (Å²) in [5.74, 6) is 1.17. The van der Waals surface area contributed by atoms with Gasteiger partial charge in [-0.15, -0.1) is 0 Å². The number of nitrogens with two attached hydrogens (primary N) is 1. The minimum atomic E-state index is -0.0592. The lowest BCUT2D eigenvalue weighted by atomic mass is 10.1. The highest BCUT2D eigenvalue weighted by Crippen LogP contribution is 2.35. The maximum atomic E-state index is 6.21. The molecule has 3 aromatic rings. The third-order valence-corrected chi connectivity index (χ3v) is 5.35. The lowest BCUT2D eigenvalue weighted by molar-refractivity contribution is 0.00407. The van der Waals surface area contributed by atoms with E-state index in [-0.39, 0.29) is 6.23 Å². The molecule has 2 unspecified atom stereocenters. The van der Waals surface area contributed by atoms with Crippen LogP contribution in [-0.2, 0) is 11.2 Å². The van der Waals surface area contributed by atoms with E-state index in [1.165, 1.54) is 11.9 Å². The summed E-state index contributed by atoms with van der Waals surface area (Å²) in [7, 11) is 0. The van der Waals surface area contributed by atoms with E-state index < -0.39 is 0 Å². The van der Waals surface area contributed by atoms with Gasteiger partial charge in [-0.2, -0.15) is 0 Å². The van der Waals surface area contributed by atoms with Crippen molar-refractivity contribution in [3.8, 4) is 0 Å². The standard InChI is InChI=1S/C21H28N6O/c1-2-16-11-12-17(28-16)27-20-18(19(22)24-14-25-20)26-21(27)23-13-7-6-10-15-8-4-3-5-9-15/h3-5,8-9,14,16-17H,2,6-7,10-13H2,1H3,(H,23,26)(H2,22,24,25). The number of unbranched alkanes of at least 4 members (excludes halogenated alkanes) is 1. The number of ether oxygens (including phenoxy) is 1. The molecule has 0 amide bonds. The number of nitrogens with zero attached hydrogens (tertiary/aromatic N) is 4. The van der Waals surface area contributed by atoms with Crippen LogP contribution in [0.4, 0.5) is 11.8 Å². The van der Waals surface area contributed by atoms with Crippen LogP contribution in [0.2, 0.25) is 0 Å². The zero-order chi connectivity index (χ0) is 19.3. The van der Waals surface area contributed by atoms with Crippen molar-refractivity contribution in [1.82, 2.24) is 19.5 Å². The molecule has 0 spiro atoms. The van der Waals surface area contributed by atoms with Crippen LogP contribution in [0.1, 0.15) is 50.8 Å². The first-order chi connectivity index (χ1) is 13.8. The Morgan fingerprint density at radius 3 is 2.82 bits per heavy atom. The molecule has 0 radical (unpaired) electrons.